The standard InChI is InChI=1S/C18H16ClNO3/c1-11(17(19)21)20(18(22)23)10-16-14-8-4-2-6-12(14)13-7-3-5-9-15(13)16/h2-9,11,16H,10H2,1H3,(H,22,23). The summed E-state index contributed by atoms with van der Waals surface area (Å²) in [6.07, 6.45) is -1.15. The van der Waals surface area contributed by atoms with Gasteiger partial charge in [-0.25, -0.2) is 4.79 Å². The number of hydrogen-bond donors (Lipinski definition) is 1. The molecule has 0 aromatic heterocycles. The van der Waals surface area contributed by atoms with Crippen molar-refractivity contribution >= 4 is 22.9 Å². The Hall–Kier alpha value is -2.33. The van der Waals surface area contributed by atoms with E-state index >= 15 is 0 Å². The van der Waals surface area contributed by atoms with Gasteiger partial charge in [-0.1, -0.05) is 48.5 Å². The van der Waals surface area contributed by atoms with Gasteiger partial charge in [-0.05, 0) is 40.8 Å². The molecule has 1 aliphatic rings. The molecule has 0 bridgehead atoms. The number of carbonyl (C=O) groups excluding carboxylic acids is 1. The number of carbonyl (C=O) groups is 2. The zero-order chi connectivity index (χ0) is 16.6. The van der Waals surface area contributed by atoms with Crippen LogP contribution in [0.3, 0.4) is 0 Å². The van der Waals surface area contributed by atoms with Gasteiger partial charge in [0, 0.05) is 12.5 Å². The van der Waals surface area contributed by atoms with Crippen molar-refractivity contribution in [2.75, 3.05) is 6.54 Å². The minimum atomic E-state index is -1.15. The molecular weight excluding hydrogens is 314 g/mol. The second-order valence-electron chi connectivity index (χ2n) is 5.64. The average Bonchev–Trinajstić information content (AvgIpc) is 2.86. The van der Waals surface area contributed by atoms with Crippen LogP contribution in [-0.2, 0) is 4.79 Å². The lowest BCUT2D eigenvalue weighted by Crippen LogP contribution is -2.43. The van der Waals surface area contributed by atoms with Gasteiger partial charge in [-0.2, -0.15) is 0 Å². The van der Waals surface area contributed by atoms with E-state index in [9.17, 15) is 14.7 Å². The van der Waals surface area contributed by atoms with Crippen LogP contribution in [0.5, 0.6) is 0 Å². The maximum atomic E-state index is 11.6. The molecule has 0 saturated carbocycles. The molecule has 2 aromatic rings. The zero-order valence-corrected chi connectivity index (χ0v) is 13.3. The fourth-order valence-corrected chi connectivity index (χ4v) is 3.30. The van der Waals surface area contributed by atoms with Gasteiger partial charge in [-0.15, -0.1) is 0 Å². The van der Waals surface area contributed by atoms with Crippen LogP contribution in [0.2, 0.25) is 0 Å². The maximum Gasteiger partial charge on any atom is 0.407 e. The largest absolute Gasteiger partial charge is 0.465 e. The van der Waals surface area contributed by atoms with Gasteiger partial charge < -0.3 is 5.11 Å². The molecule has 3 rings (SSSR count). The molecule has 0 saturated heterocycles. The van der Waals surface area contributed by atoms with Crippen molar-refractivity contribution < 1.29 is 14.7 Å². The van der Waals surface area contributed by atoms with Crippen LogP contribution in [0, 0.1) is 0 Å². The van der Waals surface area contributed by atoms with E-state index in [2.05, 4.69) is 0 Å². The van der Waals surface area contributed by atoms with Crippen LogP contribution < -0.4 is 0 Å². The van der Waals surface area contributed by atoms with Gasteiger partial charge in [0.15, 0.2) is 0 Å². The summed E-state index contributed by atoms with van der Waals surface area (Å²) in [7, 11) is 0. The molecule has 0 aliphatic heterocycles. The zero-order valence-electron chi connectivity index (χ0n) is 12.6. The fourth-order valence-electron chi connectivity index (χ4n) is 3.18. The molecule has 1 aliphatic carbocycles. The van der Waals surface area contributed by atoms with Crippen LogP contribution >= 0.6 is 11.6 Å². The van der Waals surface area contributed by atoms with Gasteiger partial charge in [-0.3, -0.25) is 9.69 Å². The van der Waals surface area contributed by atoms with Crippen LogP contribution in [0.15, 0.2) is 48.5 Å². The second-order valence-corrected chi connectivity index (χ2v) is 6.01. The summed E-state index contributed by atoms with van der Waals surface area (Å²) in [5, 5.41) is 8.79. The van der Waals surface area contributed by atoms with E-state index in [-0.39, 0.29) is 12.5 Å². The predicted octanol–water partition coefficient (Wildman–Crippen LogP) is 3.93. The van der Waals surface area contributed by atoms with Crippen molar-refractivity contribution in [3.8, 4) is 11.1 Å². The van der Waals surface area contributed by atoms with E-state index in [4.69, 9.17) is 11.6 Å². The number of nitrogens with zero attached hydrogens (tertiary/aromatic N) is 1. The summed E-state index contributed by atoms with van der Waals surface area (Å²) < 4.78 is 0. The normalized spacial score (nSPS) is 14.0. The van der Waals surface area contributed by atoms with E-state index in [1.807, 2.05) is 48.5 Å². The third kappa shape index (κ3) is 2.70. The molecular formula is C18H16ClNO3. The Balaban J connectivity index is 2.02. The van der Waals surface area contributed by atoms with Gasteiger partial charge in [0.25, 0.3) is 0 Å². The Labute approximate surface area is 139 Å². The van der Waals surface area contributed by atoms with E-state index in [1.54, 1.807) is 0 Å². The molecule has 5 heteroatoms. The molecule has 1 N–H and O–H groups in total. The molecule has 23 heavy (non-hydrogen) atoms. The molecule has 1 atom stereocenters. The summed E-state index contributed by atoms with van der Waals surface area (Å²) in [4.78, 5) is 24.1. The van der Waals surface area contributed by atoms with Crippen LogP contribution in [-0.4, -0.2) is 33.9 Å². The Morgan fingerprint density at radius 2 is 1.57 bits per heavy atom. The molecule has 4 nitrogen and oxygen atoms in total. The molecule has 1 amide bonds. The number of benzene rings is 2. The van der Waals surface area contributed by atoms with E-state index in [1.165, 1.54) is 6.92 Å². The summed E-state index contributed by atoms with van der Waals surface area (Å²) in [5.74, 6) is -0.100. The lowest BCUT2D eigenvalue weighted by Gasteiger charge is -2.27. The Kier molecular flexibility index (Phi) is 4.09. The minimum absolute atomic E-state index is 0.100. The first-order valence-electron chi connectivity index (χ1n) is 7.38. The first-order chi connectivity index (χ1) is 11.0. The van der Waals surface area contributed by atoms with E-state index < -0.39 is 17.4 Å². The molecule has 1 unspecified atom stereocenters. The number of hydrogen-bond acceptors (Lipinski definition) is 2. The number of rotatable bonds is 4. The van der Waals surface area contributed by atoms with Gasteiger partial charge >= 0.3 is 6.09 Å². The third-order valence-corrected chi connectivity index (χ3v) is 4.70. The maximum absolute atomic E-state index is 11.6. The topological polar surface area (TPSA) is 57.6 Å². The number of fused-ring (bicyclic) bond motifs is 3. The van der Waals surface area contributed by atoms with Crippen LogP contribution in [0.25, 0.3) is 11.1 Å². The van der Waals surface area contributed by atoms with Gasteiger partial charge in [0.05, 0.1) is 0 Å². The molecule has 118 valence electrons. The Morgan fingerprint density at radius 3 is 2.00 bits per heavy atom. The SMILES string of the molecule is CC(C(=O)Cl)N(CC1c2ccccc2-c2ccccc21)C(=O)O. The number of amides is 1. The highest BCUT2D eigenvalue weighted by molar-refractivity contribution is 6.64. The molecule has 0 fully saturated rings. The fraction of sp³-hybridized carbons (Fsp3) is 0.222. The minimum Gasteiger partial charge on any atom is -0.465 e. The lowest BCUT2D eigenvalue weighted by molar-refractivity contribution is -0.115. The highest BCUT2D eigenvalue weighted by atomic mass is 35.5. The molecule has 0 radical (unpaired) electrons. The Morgan fingerprint density at radius 1 is 1.09 bits per heavy atom. The van der Waals surface area contributed by atoms with Gasteiger partial charge in [0.1, 0.15) is 6.04 Å². The van der Waals surface area contributed by atoms with E-state index in [0.717, 1.165) is 27.2 Å². The summed E-state index contributed by atoms with van der Waals surface area (Å²) in [5.41, 5.74) is 4.38. The van der Waals surface area contributed by atoms with Crippen LogP contribution in [0.4, 0.5) is 4.79 Å². The van der Waals surface area contributed by atoms with Crippen molar-refractivity contribution in [1.29, 1.82) is 0 Å². The highest BCUT2D eigenvalue weighted by Crippen LogP contribution is 2.44. The number of halogens is 1. The van der Waals surface area contributed by atoms with Crippen molar-refractivity contribution in [3.63, 3.8) is 0 Å². The summed E-state index contributed by atoms with van der Waals surface area (Å²) >= 11 is 5.51. The molecule has 0 spiro atoms. The summed E-state index contributed by atoms with van der Waals surface area (Å²) in [6.45, 7) is 1.71. The lowest BCUT2D eigenvalue weighted by atomic mass is 9.96. The van der Waals surface area contributed by atoms with Crippen molar-refractivity contribution in [3.05, 3.63) is 59.7 Å². The van der Waals surface area contributed by atoms with Crippen LogP contribution in [0.1, 0.15) is 24.0 Å². The van der Waals surface area contributed by atoms with Crippen molar-refractivity contribution in [2.45, 2.75) is 18.9 Å². The van der Waals surface area contributed by atoms with Crippen molar-refractivity contribution in [2.24, 2.45) is 0 Å². The molecule has 0 heterocycles. The predicted molar refractivity (Wildman–Crippen MR) is 88.8 cm³/mol. The van der Waals surface area contributed by atoms with E-state index in [0.29, 0.717) is 0 Å². The molecule has 2 aromatic carbocycles. The summed E-state index contributed by atoms with van der Waals surface area (Å²) in [6, 6.07) is 15.0. The first kappa shape index (κ1) is 15.6. The quantitative estimate of drug-likeness (QED) is 0.864. The smallest absolute Gasteiger partial charge is 0.407 e. The number of carboxylic acid groups (broad SMARTS) is 1. The second kappa shape index (κ2) is 6.05. The van der Waals surface area contributed by atoms with Crippen molar-refractivity contribution in [1.82, 2.24) is 4.90 Å². The highest BCUT2D eigenvalue weighted by Gasteiger charge is 2.33. The third-order valence-electron chi connectivity index (χ3n) is 4.38. The monoisotopic (exact) mass is 329 g/mol. The average molecular weight is 330 g/mol. The Bertz CT molecular complexity index is 729. The van der Waals surface area contributed by atoms with Gasteiger partial charge in [0.2, 0.25) is 5.24 Å². The first-order valence-corrected chi connectivity index (χ1v) is 7.75.